The van der Waals surface area contributed by atoms with Gasteiger partial charge < -0.3 is 5.11 Å². The third-order valence-electron chi connectivity index (χ3n) is 1.92. The summed E-state index contributed by atoms with van der Waals surface area (Å²) in [7, 11) is 0. The lowest BCUT2D eigenvalue weighted by atomic mass is 10.3. The molecule has 2 aromatic rings. The SMILES string of the molecule is CC(O)n1c(=N)sc2ccccc21. The Balaban J connectivity index is 2.87. The fraction of sp³-hybridized carbons (Fsp3) is 0.222. The van der Waals surface area contributed by atoms with Crippen molar-refractivity contribution in [2.24, 2.45) is 0 Å². The van der Waals surface area contributed by atoms with E-state index in [0.29, 0.717) is 4.80 Å². The van der Waals surface area contributed by atoms with E-state index in [-0.39, 0.29) is 0 Å². The monoisotopic (exact) mass is 194 g/mol. The average Bonchev–Trinajstić information content (AvgIpc) is 2.39. The predicted molar refractivity (Wildman–Crippen MR) is 52.6 cm³/mol. The summed E-state index contributed by atoms with van der Waals surface area (Å²) in [6.45, 7) is 1.66. The molecule has 13 heavy (non-hydrogen) atoms. The lowest BCUT2D eigenvalue weighted by Gasteiger charge is -2.06. The van der Waals surface area contributed by atoms with Crippen LogP contribution in [0.15, 0.2) is 24.3 Å². The summed E-state index contributed by atoms with van der Waals surface area (Å²) >= 11 is 1.38. The summed E-state index contributed by atoms with van der Waals surface area (Å²) in [5.74, 6) is 0. The first kappa shape index (κ1) is 8.47. The van der Waals surface area contributed by atoms with Gasteiger partial charge in [0.15, 0.2) is 4.80 Å². The van der Waals surface area contributed by atoms with E-state index < -0.39 is 6.23 Å². The molecule has 1 atom stereocenters. The molecule has 1 heterocycles. The summed E-state index contributed by atoms with van der Waals surface area (Å²) < 4.78 is 2.65. The number of hydrogen-bond acceptors (Lipinski definition) is 3. The van der Waals surface area contributed by atoms with Gasteiger partial charge in [0.2, 0.25) is 0 Å². The lowest BCUT2D eigenvalue weighted by molar-refractivity contribution is 0.126. The Hall–Kier alpha value is -1.13. The van der Waals surface area contributed by atoms with Crippen LogP contribution in [-0.2, 0) is 0 Å². The van der Waals surface area contributed by atoms with Gasteiger partial charge in [0, 0.05) is 0 Å². The minimum atomic E-state index is -0.636. The Morgan fingerprint density at radius 3 is 2.85 bits per heavy atom. The number of benzene rings is 1. The second kappa shape index (κ2) is 2.97. The number of aromatic nitrogens is 1. The van der Waals surface area contributed by atoms with Gasteiger partial charge in [0.05, 0.1) is 10.2 Å². The molecule has 0 amide bonds. The lowest BCUT2D eigenvalue weighted by Crippen LogP contribution is -2.16. The normalized spacial score (nSPS) is 13.4. The Labute approximate surface area is 79.4 Å². The molecular formula is C9H10N2OS. The van der Waals surface area contributed by atoms with Gasteiger partial charge in [-0.1, -0.05) is 23.5 Å². The Morgan fingerprint density at radius 2 is 2.15 bits per heavy atom. The topological polar surface area (TPSA) is 49.0 Å². The maximum Gasteiger partial charge on any atom is 0.185 e. The zero-order valence-corrected chi connectivity index (χ0v) is 8.01. The van der Waals surface area contributed by atoms with Crippen molar-refractivity contribution in [2.75, 3.05) is 0 Å². The molecule has 3 nitrogen and oxygen atoms in total. The smallest absolute Gasteiger partial charge is 0.185 e. The predicted octanol–water partition coefficient (Wildman–Crippen LogP) is 1.69. The third kappa shape index (κ3) is 1.28. The van der Waals surface area contributed by atoms with Crippen molar-refractivity contribution in [1.82, 2.24) is 4.57 Å². The van der Waals surface area contributed by atoms with Crippen molar-refractivity contribution >= 4 is 21.6 Å². The maximum atomic E-state index is 9.44. The van der Waals surface area contributed by atoms with Crippen molar-refractivity contribution in [3.63, 3.8) is 0 Å². The molecule has 0 aliphatic heterocycles. The van der Waals surface area contributed by atoms with Crippen LogP contribution in [0.5, 0.6) is 0 Å². The molecule has 1 aromatic carbocycles. The molecule has 0 saturated heterocycles. The molecule has 0 spiro atoms. The van der Waals surface area contributed by atoms with E-state index in [1.54, 1.807) is 11.5 Å². The van der Waals surface area contributed by atoms with Crippen LogP contribution < -0.4 is 4.80 Å². The van der Waals surface area contributed by atoms with Crippen LogP contribution in [0.3, 0.4) is 0 Å². The van der Waals surface area contributed by atoms with E-state index in [1.165, 1.54) is 11.3 Å². The molecule has 0 aliphatic rings. The summed E-state index contributed by atoms with van der Waals surface area (Å²) in [4.78, 5) is 0.385. The fourth-order valence-corrected chi connectivity index (χ4v) is 2.35. The van der Waals surface area contributed by atoms with Crippen LogP contribution in [0.25, 0.3) is 10.2 Å². The van der Waals surface area contributed by atoms with E-state index in [9.17, 15) is 5.11 Å². The molecule has 0 bridgehead atoms. The van der Waals surface area contributed by atoms with E-state index in [1.807, 2.05) is 24.3 Å². The van der Waals surface area contributed by atoms with Crippen LogP contribution in [0.2, 0.25) is 0 Å². The average molecular weight is 194 g/mol. The van der Waals surface area contributed by atoms with Crippen LogP contribution in [0, 0.1) is 5.41 Å². The number of nitrogens with one attached hydrogen (secondary N) is 1. The Bertz CT molecular complexity index is 484. The van der Waals surface area contributed by atoms with Crippen LogP contribution in [0.4, 0.5) is 0 Å². The second-order valence-corrected chi connectivity index (χ2v) is 3.91. The van der Waals surface area contributed by atoms with Crippen LogP contribution in [-0.4, -0.2) is 9.67 Å². The van der Waals surface area contributed by atoms with Crippen molar-refractivity contribution < 1.29 is 5.11 Å². The number of nitrogens with zero attached hydrogens (tertiary/aromatic N) is 1. The summed E-state index contributed by atoms with van der Waals surface area (Å²) in [6.07, 6.45) is -0.636. The molecular weight excluding hydrogens is 184 g/mol. The minimum Gasteiger partial charge on any atom is -0.373 e. The van der Waals surface area contributed by atoms with Gasteiger partial charge in [-0.15, -0.1) is 0 Å². The van der Waals surface area contributed by atoms with E-state index >= 15 is 0 Å². The summed E-state index contributed by atoms with van der Waals surface area (Å²) in [6, 6.07) is 7.71. The van der Waals surface area contributed by atoms with Crippen molar-refractivity contribution in [3.05, 3.63) is 29.1 Å². The quantitative estimate of drug-likeness (QED) is 0.713. The first-order valence-corrected chi connectivity index (χ1v) is 4.84. The number of aliphatic hydroxyl groups is 1. The Kier molecular flexibility index (Phi) is 1.94. The minimum absolute atomic E-state index is 0.385. The first-order chi connectivity index (χ1) is 6.20. The number of aliphatic hydroxyl groups excluding tert-OH is 1. The fourth-order valence-electron chi connectivity index (χ4n) is 1.38. The summed E-state index contributed by atoms with van der Waals surface area (Å²) in [5.41, 5.74) is 0.924. The zero-order chi connectivity index (χ0) is 9.42. The molecule has 2 rings (SSSR count). The highest BCUT2D eigenvalue weighted by Crippen LogP contribution is 2.18. The molecule has 1 unspecified atom stereocenters. The Morgan fingerprint density at radius 1 is 1.46 bits per heavy atom. The van der Waals surface area contributed by atoms with Gasteiger partial charge in [-0.25, -0.2) is 0 Å². The number of rotatable bonds is 1. The number of fused-ring (bicyclic) bond motifs is 1. The van der Waals surface area contributed by atoms with Gasteiger partial charge in [0.25, 0.3) is 0 Å². The third-order valence-corrected chi connectivity index (χ3v) is 2.88. The molecule has 2 N–H and O–H groups in total. The molecule has 0 radical (unpaired) electrons. The highest BCUT2D eigenvalue weighted by molar-refractivity contribution is 7.16. The number of para-hydroxylation sites is 1. The highest BCUT2D eigenvalue weighted by atomic mass is 32.1. The molecule has 68 valence electrons. The highest BCUT2D eigenvalue weighted by Gasteiger charge is 2.07. The van der Waals surface area contributed by atoms with Gasteiger partial charge in [0.1, 0.15) is 6.23 Å². The molecule has 4 heteroatoms. The zero-order valence-electron chi connectivity index (χ0n) is 7.19. The summed E-state index contributed by atoms with van der Waals surface area (Å²) in [5, 5.41) is 17.1. The van der Waals surface area contributed by atoms with Crippen LogP contribution >= 0.6 is 11.3 Å². The second-order valence-electron chi connectivity index (χ2n) is 2.88. The molecule has 0 aliphatic carbocycles. The van der Waals surface area contributed by atoms with E-state index in [0.717, 1.165) is 10.2 Å². The van der Waals surface area contributed by atoms with Gasteiger partial charge in [-0.05, 0) is 19.1 Å². The molecule has 0 saturated carbocycles. The van der Waals surface area contributed by atoms with E-state index in [2.05, 4.69) is 0 Å². The maximum absolute atomic E-state index is 9.44. The van der Waals surface area contributed by atoms with Crippen molar-refractivity contribution in [1.29, 1.82) is 5.41 Å². The largest absolute Gasteiger partial charge is 0.373 e. The number of thiazole rings is 1. The molecule has 0 fully saturated rings. The van der Waals surface area contributed by atoms with Crippen LogP contribution in [0.1, 0.15) is 13.2 Å². The first-order valence-electron chi connectivity index (χ1n) is 4.03. The standard InChI is InChI=1S/C9H10N2OS/c1-6(12)11-7-4-2-3-5-8(7)13-9(11)10/h2-6,10,12H,1H3. The van der Waals surface area contributed by atoms with Crippen molar-refractivity contribution in [3.8, 4) is 0 Å². The number of hydrogen-bond donors (Lipinski definition) is 2. The van der Waals surface area contributed by atoms with Gasteiger partial charge in [-0.3, -0.25) is 9.98 Å². The van der Waals surface area contributed by atoms with Crippen molar-refractivity contribution in [2.45, 2.75) is 13.2 Å². The molecule has 1 aromatic heterocycles. The van der Waals surface area contributed by atoms with E-state index in [4.69, 9.17) is 5.41 Å². The van der Waals surface area contributed by atoms with Gasteiger partial charge in [-0.2, -0.15) is 0 Å². The van der Waals surface area contributed by atoms with Gasteiger partial charge >= 0.3 is 0 Å².